The van der Waals surface area contributed by atoms with Crippen molar-refractivity contribution in [1.29, 1.82) is 0 Å². The maximum atomic E-state index is 11.4. The lowest BCUT2D eigenvalue weighted by Crippen LogP contribution is -2.09. The summed E-state index contributed by atoms with van der Waals surface area (Å²) in [7, 11) is 7.32. The topological polar surface area (TPSA) is 44.9 Å². The van der Waals surface area contributed by atoms with E-state index in [-0.39, 0.29) is 0 Å². The van der Waals surface area contributed by atoms with E-state index in [2.05, 4.69) is 5.22 Å². The van der Waals surface area contributed by atoms with Crippen LogP contribution in [0.4, 0.5) is 11.4 Å². The van der Waals surface area contributed by atoms with E-state index in [0.717, 1.165) is 5.69 Å². The molecule has 82 valence electrons. The van der Waals surface area contributed by atoms with Crippen molar-refractivity contribution < 1.29 is 4.86 Å². The molecule has 0 spiro atoms. The smallest absolute Gasteiger partial charge is 0.154 e. The molecule has 0 fully saturated rings. The van der Waals surface area contributed by atoms with Gasteiger partial charge in [-0.05, 0) is 24.3 Å². The van der Waals surface area contributed by atoms with Crippen LogP contribution < -0.4 is 4.90 Å². The molecule has 1 aromatic carbocycles. The molecule has 0 atom stereocenters. The lowest BCUT2D eigenvalue weighted by molar-refractivity contribution is -0.459. The Balaban J connectivity index is 2.89. The van der Waals surface area contributed by atoms with Gasteiger partial charge in [0.2, 0.25) is 0 Å². The van der Waals surface area contributed by atoms with Crippen LogP contribution in [0.3, 0.4) is 0 Å². The van der Waals surface area contributed by atoms with Gasteiger partial charge < -0.3 is 10.1 Å². The minimum Gasteiger partial charge on any atom is -0.691 e. The van der Waals surface area contributed by atoms with Crippen molar-refractivity contribution in [2.45, 2.75) is 0 Å². The fraction of sp³-hybridized carbons (Fsp3) is 0.400. The van der Waals surface area contributed by atoms with E-state index in [0.29, 0.717) is 10.5 Å². The lowest BCUT2D eigenvalue weighted by Gasteiger charge is -2.13. The Labute approximate surface area is 89.8 Å². The van der Waals surface area contributed by atoms with Gasteiger partial charge in [0.05, 0.1) is 19.3 Å². The first-order valence-electron chi connectivity index (χ1n) is 4.64. The van der Waals surface area contributed by atoms with E-state index in [1.165, 1.54) is 5.01 Å². The summed E-state index contributed by atoms with van der Waals surface area (Å²) >= 11 is 0. The van der Waals surface area contributed by atoms with Crippen molar-refractivity contribution in [3.63, 3.8) is 0 Å². The fourth-order valence-corrected chi connectivity index (χ4v) is 1.09. The minimum atomic E-state index is 0.523. The molecule has 0 saturated heterocycles. The van der Waals surface area contributed by atoms with Crippen LogP contribution in [-0.2, 0) is 0 Å². The molecule has 5 heteroatoms. The molecule has 1 rings (SSSR count). The first-order chi connectivity index (χ1) is 7.00. The van der Waals surface area contributed by atoms with E-state index >= 15 is 0 Å². The largest absolute Gasteiger partial charge is 0.691 e. The normalized spacial score (nSPS) is 11.3. The highest BCUT2D eigenvalue weighted by Gasteiger charge is 2.00. The zero-order chi connectivity index (χ0) is 11.4. The Morgan fingerprint density at radius 2 is 1.60 bits per heavy atom. The van der Waals surface area contributed by atoms with Crippen LogP contribution in [0.15, 0.2) is 29.5 Å². The summed E-state index contributed by atoms with van der Waals surface area (Å²) in [4.78, 5) is 2.57. The molecule has 15 heavy (non-hydrogen) atoms. The van der Waals surface area contributed by atoms with Crippen LogP contribution in [0, 0.1) is 5.21 Å². The Morgan fingerprint density at radius 3 is 2.00 bits per heavy atom. The van der Waals surface area contributed by atoms with Crippen molar-refractivity contribution in [1.82, 2.24) is 5.01 Å². The van der Waals surface area contributed by atoms with Gasteiger partial charge in [-0.15, -0.1) is 4.86 Å². The predicted molar refractivity (Wildman–Crippen MR) is 60.2 cm³/mol. The predicted octanol–water partition coefficient (Wildman–Crippen LogP) is 1.82. The minimum absolute atomic E-state index is 0.523. The number of benzene rings is 1. The number of hydrogen-bond donors (Lipinski definition) is 0. The fourth-order valence-electron chi connectivity index (χ4n) is 1.09. The molecule has 0 aliphatic heterocycles. The highest BCUT2D eigenvalue weighted by molar-refractivity contribution is 5.49. The van der Waals surface area contributed by atoms with E-state index in [1.807, 2.05) is 31.1 Å². The molecule has 0 N–H and O–H groups in total. The summed E-state index contributed by atoms with van der Waals surface area (Å²) in [6, 6.07) is 7.25. The summed E-state index contributed by atoms with van der Waals surface area (Å²) in [5, 5.41) is 16.6. The summed E-state index contributed by atoms with van der Waals surface area (Å²) in [5.41, 5.74) is 1.58. The van der Waals surface area contributed by atoms with Gasteiger partial charge in [-0.2, -0.15) is 5.01 Å². The van der Waals surface area contributed by atoms with Crippen LogP contribution in [0.1, 0.15) is 0 Å². The van der Waals surface area contributed by atoms with Gasteiger partial charge in [0, 0.05) is 19.8 Å². The molecule has 0 aliphatic rings. The lowest BCUT2D eigenvalue weighted by atomic mass is 10.3. The van der Waals surface area contributed by atoms with Crippen molar-refractivity contribution in [2.75, 3.05) is 33.1 Å². The molecule has 5 nitrogen and oxygen atoms in total. The quantitative estimate of drug-likeness (QED) is 0.432. The van der Waals surface area contributed by atoms with Gasteiger partial charge in [0.15, 0.2) is 5.69 Å². The first kappa shape index (κ1) is 11.3. The molecule has 0 radical (unpaired) electrons. The molecule has 0 aliphatic carbocycles. The van der Waals surface area contributed by atoms with E-state index in [4.69, 9.17) is 0 Å². The van der Waals surface area contributed by atoms with Crippen LogP contribution in [0.2, 0.25) is 0 Å². The summed E-state index contributed by atoms with van der Waals surface area (Å²) in [5.74, 6) is 0. The number of rotatable bonds is 3. The maximum Gasteiger partial charge on any atom is 0.154 e. The average molecular weight is 208 g/mol. The highest BCUT2D eigenvalue weighted by Crippen LogP contribution is 2.17. The van der Waals surface area contributed by atoms with E-state index in [1.54, 1.807) is 26.2 Å². The van der Waals surface area contributed by atoms with Gasteiger partial charge in [-0.1, -0.05) is 0 Å². The summed E-state index contributed by atoms with van der Waals surface area (Å²) in [6.45, 7) is 0. The van der Waals surface area contributed by atoms with Crippen molar-refractivity contribution in [2.24, 2.45) is 5.22 Å². The first-order valence-corrected chi connectivity index (χ1v) is 4.64. The third-order valence-electron chi connectivity index (χ3n) is 1.85. The molecular weight excluding hydrogens is 192 g/mol. The van der Waals surface area contributed by atoms with Gasteiger partial charge in [-0.25, -0.2) is 0 Å². The summed E-state index contributed by atoms with van der Waals surface area (Å²) < 4.78 is 0. The molecule has 0 heterocycles. The van der Waals surface area contributed by atoms with Crippen molar-refractivity contribution in [3.05, 3.63) is 29.5 Å². The van der Waals surface area contributed by atoms with Gasteiger partial charge in [-0.3, -0.25) is 0 Å². The molecule has 0 amide bonds. The SMILES string of the molecule is CN(C)/N=[N+](\[O-])c1ccc(N(C)C)cc1. The van der Waals surface area contributed by atoms with Gasteiger partial charge >= 0.3 is 0 Å². The van der Waals surface area contributed by atoms with Crippen LogP contribution in [0.5, 0.6) is 0 Å². The zero-order valence-electron chi connectivity index (χ0n) is 9.51. The zero-order valence-corrected chi connectivity index (χ0v) is 9.51. The van der Waals surface area contributed by atoms with Crippen LogP contribution in [-0.4, -0.2) is 38.1 Å². The second-order valence-corrected chi connectivity index (χ2v) is 3.62. The van der Waals surface area contributed by atoms with Gasteiger partial charge in [0.25, 0.3) is 0 Å². The third-order valence-corrected chi connectivity index (χ3v) is 1.85. The van der Waals surface area contributed by atoms with Crippen molar-refractivity contribution in [3.8, 4) is 0 Å². The van der Waals surface area contributed by atoms with Crippen molar-refractivity contribution >= 4 is 11.4 Å². The molecule has 1 aromatic rings. The van der Waals surface area contributed by atoms with E-state index in [9.17, 15) is 5.21 Å². The molecule has 0 saturated carbocycles. The summed E-state index contributed by atoms with van der Waals surface area (Å²) in [6.07, 6.45) is 0. The average Bonchev–Trinajstić information content (AvgIpc) is 2.17. The Bertz CT molecular complexity index is 343. The Kier molecular flexibility index (Phi) is 3.49. The number of nitrogens with zero attached hydrogens (tertiary/aromatic N) is 4. The number of anilines is 1. The van der Waals surface area contributed by atoms with Gasteiger partial charge in [0.1, 0.15) is 0 Å². The van der Waals surface area contributed by atoms with Crippen LogP contribution >= 0.6 is 0 Å². The van der Waals surface area contributed by atoms with Crippen LogP contribution in [0.25, 0.3) is 0 Å². The van der Waals surface area contributed by atoms with E-state index < -0.39 is 0 Å². The second-order valence-electron chi connectivity index (χ2n) is 3.62. The molecule has 0 aromatic heterocycles. The monoisotopic (exact) mass is 208 g/mol. The molecular formula is C10H16N4O. The Hall–Kier alpha value is -1.78. The molecule has 0 bridgehead atoms. The Morgan fingerprint density at radius 1 is 1.07 bits per heavy atom. The standard InChI is InChI=1S/C10H16N4O/c1-12(2)9-5-7-10(8-6-9)14(15)11-13(3)4/h5-8H,1-4H3/b14-11-. The number of hydrogen-bond acceptors (Lipinski definition) is 3. The molecule has 0 unspecified atom stereocenters. The highest BCUT2D eigenvalue weighted by atomic mass is 16.5. The maximum absolute atomic E-state index is 11.4. The third kappa shape index (κ3) is 3.12. The second kappa shape index (κ2) is 4.63.